The number of nitrogens with one attached hydrogen (secondary N) is 2. The standard InChI is InChI=1S/C18H23F2N5O2/c1-11-16(12(2)24-23-11)14-6-4-3-5-9-25(14)18(26)22-13-7-8-15(21-10-13)27-17(19)20/h7-8,10,14,17H,3-6,9H2,1-2H3,(H,22,26)(H,23,24). The van der Waals surface area contributed by atoms with E-state index in [9.17, 15) is 13.6 Å². The number of carbonyl (C=O) groups excluding carboxylic acids is 1. The van der Waals surface area contributed by atoms with Gasteiger partial charge in [0.2, 0.25) is 5.88 Å². The van der Waals surface area contributed by atoms with Crippen LogP contribution in [0.15, 0.2) is 18.3 Å². The molecule has 1 aliphatic heterocycles. The molecule has 7 nitrogen and oxygen atoms in total. The Kier molecular flexibility index (Phi) is 5.88. The van der Waals surface area contributed by atoms with E-state index < -0.39 is 6.61 Å². The minimum Gasteiger partial charge on any atom is -0.417 e. The number of hydrogen-bond acceptors (Lipinski definition) is 4. The van der Waals surface area contributed by atoms with E-state index in [0.717, 1.165) is 42.6 Å². The number of anilines is 1. The van der Waals surface area contributed by atoms with E-state index in [0.29, 0.717) is 12.2 Å². The van der Waals surface area contributed by atoms with Crippen LogP contribution < -0.4 is 10.1 Å². The highest BCUT2D eigenvalue weighted by Gasteiger charge is 2.30. The Balaban J connectivity index is 1.76. The number of aromatic nitrogens is 3. The minimum absolute atomic E-state index is 0.0550. The lowest BCUT2D eigenvalue weighted by Crippen LogP contribution is -2.38. The number of H-pyrrole nitrogens is 1. The van der Waals surface area contributed by atoms with Crippen LogP contribution in [0, 0.1) is 13.8 Å². The predicted octanol–water partition coefficient (Wildman–Crippen LogP) is 4.17. The van der Waals surface area contributed by atoms with Gasteiger partial charge < -0.3 is 15.0 Å². The Morgan fingerprint density at radius 1 is 1.33 bits per heavy atom. The third kappa shape index (κ3) is 4.53. The van der Waals surface area contributed by atoms with Gasteiger partial charge in [-0.15, -0.1) is 0 Å². The lowest BCUT2D eigenvalue weighted by atomic mass is 9.99. The maximum absolute atomic E-state index is 12.9. The van der Waals surface area contributed by atoms with Crippen LogP contribution in [0.2, 0.25) is 0 Å². The van der Waals surface area contributed by atoms with Crippen molar-refractivity contribution in [1.82, 2.24) is 20.1 Å². The number of hydrogen-bond donors (Lipinski definition) is 2. The summed E-state index contributed by atoms with van der Waals surface area (Å²) in [6, 6.07) is 2.49. The fraction of sp³-hybridized carbons (Fsp3) is 0.500. The molecule has 1 saturated heterocycles. The van der Waals surface area contributed by atoms with Crippen molar-refractivity contribution in [1.29, 1.82) is 0 Å². The number of halogens is 2. The van der Waals surface area contributed by atoms with Crippen molar-refractivity contribution >= 4 is 11.7 Å². The molecular weight excluding hydrogens is 356 g/mol. The van der Waals surface area contributed by atoms with E-state index in [1.807, 2.05) is 18.7 Å². The second-order valence-electron chi connectivity index (χ2n) is 6.60. The van der Waals surface area contributed by atoms with E-state index in [4.69, 9.17) is 0 Å². The highest BCUT2D eigenvalue weighted by molar-refractivity contribution is 5.89. The molecule has 2 N–H and O–H groups in total. The van der Waals surface area contributed by atoms with E-state index in [-0.39, 0.29) is 18.0 Å². The van der Waals surface area contributed by atoms with Crippen molar-refractivity contribution in [3.63, 3.8) is 0 Å². The van der Waals surface area contributed by atoms with Crippen LogP contribution in [0.3, 0.4) is 0 Å². The highest BCUT2D eigenvalue weighted by atomic mass is 19.3. The molecule has 2 aromatic heterocycles. The summed E-state index contributed by atoms with van der Waals surface area (Å²) in [5.74, 6) is -0.194. The summed E-state index contributed by atoms with van der Waals surface area (Å²) in [6.45, 7) is 1.60. The van der Waals surface area contributed by atoms with Gasteiger partial charge in [0.1, 0.15) is 0 Å². The molecule has 0 saturated carbocycles. The van der Waals surface area contributed by atoms with Crippen LogP contribution in [-0.2, 0) is 0 Å². The highest BCUT2D eigenvalue weighted by Crippen LogP contribution is 2.33. The van der Waals surface area contributed by atoms with Crippen LogP contribution in [-0.4, -0.2) is 39.3 Å². The molecule has 0 bridgehead atoms. The van der Waals surface area contributed by atoms with Crippen molar-refractivity contribution in [3.05, 3.63) is 35.3 Å². The van der Waals surface area contributed by atoms with Crippen LogP contribution >= 0.6 is 0 Å². The SMILES string of the molecule is Cc1n[nH]c(C)c1C1CCCCCN1C(=O)Nc1ccc(OC(F)F)nc1. The average Bonchev–Trinajstić information content (AvgIpc) is 2.83. The molecule has 2 amide bonds. The molecule has 2 aromatic rings. The van der Waals surface area contributed by atoms with Crippen LogP contribution in [0.25, 0.3) is 0 Å². The summed E-state index contributed by atoms with van der Waals surface area (Å²) in [4.78, 5) is 18.5. The number of urea groups is 1. The normalized spacial score (nSPS) is 17.7. The molecule has 1 fully saturated rings. The van der Waals surface area contributed by atoms with E-state index in [1.165, 1.54) is 18.3 Å². The zero-order chi connectivity index (χ0) is 19.4. The number of rotatable bonds is 4. The van der Waals surface area contributed by atoms with Gasteiger partial charge in [-0.05, 0) is 32.8 Å². The lowest BCUT2D eigenvalue weighted by Gasteiger charge is -2.30. The molecule has 9 heteroatoms. The summed E-state index contributed by atoms with van der Waals surface area (Å²) in [6.07, 6.45) is 5.21. The van der Waals surface area contributed by atoms with Gasteiger partial charge in [0.25, 0.3) is 0 Å². The van der Waals surface area contributed by atoms with Crippen molar-refractivity contribution < 1.29 is 18.3 Å². The molecule has 27 heavy (non-hydrogen) atoms. The van der Waals surface area contributed by atoms with Gasteiger partial charge >= 0.3 is 12.6 Å². The molecule has 1 atom stereocenters. The number of carbonyl (C=O) groups is 1. The molecule has 0 spiro atoms. The van der Waals surface area contributed by atoms with Gasteiger partial charge in [-0.1, -0.05) is 12.8 Å². The molecule has 0 radical (unpaired) electrons. The Bertz CT molecular complexity index is 759. The smallest absolute Gasteiger partial charge is 0.388 e. The van der Waals surface area contributed by atoms with Gasteiger partial charge in [-0.3, -0.25) is 5.10 Å². The van der Waals surface area contributed by atoms with E-state index >= 15 is 0 Å². The second kappa shape index (κ2) is 8.32. The summed E-state index contributed by atoms with van der Waals surface area (Å²) in [5.41, 5.74) is 3.34. The van der Waals surface area contributed by atoms with E-state index in [1.54, 1.807) is 0 Å². The first kappa shape index (κ1) is 19.1. The predicted molar refractivity (Wildman–Crippen MR) is 95.9 cm³/mol. The Morgan fingerprint density at radius 2 is 2.15 bits per heavy atom. The number of aryl methyl sites for hydroxylation is 2. The summed E-state index contributed by atoms with van der Waals surface area (Å²) < 4.78 is 28.6. The zero-order valence-corrected chi connectivity index (χ0v) is 15.3. The maximum Gasteiger partial charge on any atom is 0.388 e. The summed E-state index contributed by atoms with van der Waals surface area (Å²) in [5, 5.41) is 10.1. The minimum atomic E-state index is -2.93. The van der Waals surface area contributed by atoms with Gasteiger partial charge in [0, 0.05) is 23.9 Å². The molecule has 1 unspecified atom stereocenters. The zero-order valence-electron chi connectivity index (χ0n) is 15.3. The Hall–Kier alpha value is -2.71. The number of ether oxygens (including phenoxy) is 1. The summed E-state index contributed by atoms with van der Waals surface area (Å²) >= 11 is 0. The lowest BCUT2D eigenvalue weighted by molar-refractivity contribution is -0.0528. The largest absolute Gasteiger partial charge is 0.417 e. The Morgan fingerprint density at radius 3 is 2.78 bits per heavy atom. The number of nitrogens with zero attached hydrogens (tertiary/aromatic N) is 3. The average molecular weight is 379 g/mol. The number of likely N-dealkylation sites (tertiary alicyclic amines) is 1. The first-order valence-electron chi connectivity index (χ1n) is 8.95. The fourth-order valence-electron chi connectivity index (χ4n) is 3.51. The number of alkyl halides is 2. The topological polar surface area (TPSA) is 83.1 Å². The molecule has 0 aromatic carbocycles. The van der Waals surface area contributed by atoms with E-state index in [2.05, 4.69) is 25.2 Å². The fourth-order valence-corrected chi connectivity index (χ4v) is 3.51. The molecule has 3 rings (SSSR count). The van der Waals surface area contributed by atoms with Crippen molar-refractivity contribution in [2.75, 3.05) is 11.9 Å². The van der Waals surface area contributed by atoms with Crippen molar-refractivity contribution in [3.8, 4) is 5.88 Å². The molecule has 0 aliphatic carbocycles. The van der Waals surface area contributed by atoms with Gasteiger partial charge in [-0.2, -0.15) is 13.9 Å². The molecule has 146 valence electrons. The maximum atomic E-state index is 12.9. The van der Waals surface area contributed by atoms with Gasteiger partial charge in [-0.25, -0.2) is 9.78 Å². The number of aromatic amines is 1. The number of amides is 2. The third-order valence-electron chi connectivity index (χ3n) is 4.73. The molecular formula is C18H23F2N5O2. The Labute approximate surface area is 156 Å². The van der Waals surface area contributed by atoms with Crippen LogP contribution in [0.4, 0.5) is 19.3 Å². The van der Waals surface area contributed by atoms with Crippen LogP contribution in [0.1, 0.15) is 48.7 Å². The first-order valence-corrected chi connectivity index (χ1v) is 8.95. The monoisotopic (exact) mass is 379 g/mol. The molecule has 3 heterocycles. The van der Waals surface area contributed by atoms with Gasteiger partial charge in [0.05, 0.1) is 23.6 Å². The van der Waals surface area contributed by atoms with Crippen molar-refractivity contribution in [2.45, 2.75) is 52.2 Å². The first-order chi connectivity index (χ1) is 13.0. The second-order valence-corrected chi connectivity index (χ2v) is 6.60. The third-order valence-corrected chi connectivity index (χ3v) is 4.73. The van der Waals surface area contributed by atoms with Crippen molar-refractivity contribution in [2.24, 2.45) is 0 Å². The quantitative estimate of drug-likeness (QED) is 0.835. The summed E-state index contributed by atoms with van der Waals surface area (Å²) in [7, 11) is 0. The molecule has 1 aliphatic rings. The van der Waals surface area contributed by atoms with Crippen LogP contribution in [0.5, 0.6) is 5.88 Å². The van der Waals surface area contributed by atoms with Gasteiger partial charge in [0.15, 0.2) is 0 Å². The number of pyridine rings is 1.